The van der Waals surface area contributed by atoms with E-state index in [2.05, 4.69) is 19.2 Å². The van der Waals surface area contributed by atoms with Crippen LogP contribution in [0, 0.1) is 5.92 Å². The lowest BCUT2D eigenvalue weighted by molar-refractivity contribution is 0.0755. The van der Waals surface area contributed by atoms with Gasteiger partial charge in [0.15, 0.2) is 0 Å². The number of halogens is 1. The smallest absolute Gasteiger partial charge is 0.253 e. The van der Waals surface area contributed by atoms with E-state index >= 15 is 0 Å². The van der Waals surface area contributed by atoms with Crippen molar-refractivity contribution in [2.75, 3.05) is 19.6 Å². The molecule has 1 unspecified atom stereocenters. The number of hydrogen-bond donors (Lipinski definition) is 2. The third kappa shape index (κ3) is 6.29. The molecule has 0 aliphatic rings. The summed E-state index contributed by atoms with van der Waals surface area (Å²) < 4.78 is 0. The third-order valence-electron chi connectivity index (χ3n) is 4.74. The van der Waals surface area contributed by atoms with Gasteiger partial charge in [0.2, 0.25) is 0 Å². The first-order valence-electron chi connectivity index (χ1n) is 9.21. The molecule has 6 heteroatoms. The molecular formula is C20H34ClN3O2. The average molecular weight is 384 g/mol. The van der Waals surface area contributed by atoms with E-state index in [4.69, 9.17) is 5.73 Å². The Morgan fingerprint density at radius 2 is 1.69 bits per heavy atom. The highest BCUT2D eigenvalue weighted by atomic mass is 35.5. The maximum Gasteiger partial charge on any atom is 0.253 e. The number of nitrogens with zero attached hydrogens (tertiary/aromatic N) is 1. The van der Waals surface area contributed by atoms with Crippen LogP contribution in [-0.2, 0) is 0 Å². The molecule has 2 amide bonds. The van der Waals surface area contributed by atoms with Crippen molar-refractivity contribution in [3.63, 3.8) is 0 Å². The maximum atomic E-state index is 12.7. The van der Waals surface area contributed by atoms with Gasteiger partial charge < -0.3 is 16.0 Å². The Morgan fingerprint density at radius 1 is 1.15 bits per heavy atom. The first kappa shape index (κ1) is 24.4. The van der Waals surface area contributed by atoms with Gasteiger partial charge in [-0.3, -0.25) is 9.59 Å². The van der Waals surface area contributed by atoms with Crippen LogP contribution in [0.15, 0.2) is 24.3 Å². The molecule has 148 valence electrons. The number of hydrogen-bond acceptors (Lipinski definition) is 3. The van der Waals surface area contributed by atoms with E-state index in [-0.39, 0.29) is 30.1 Å². The van der Waals surface area contributed by atoms with Crippen LogP contribution in [0.1, 0.15) is 68.2 Å². The summed E-state index contributed by atoms with van der Waals surface area (Å²) in [6.07, 6.45) is 1.82. The van der Waals surface area contributed by atoms with Gasteiger partial charge in [0.1, 0.15) is 0 Å². The van der Waals surface area contributed by atoms with Gasteiger partial charge in [-0.15, -0.1) is 12.4 Å². The largest absolute Gasteiger partial charge is 0.345 e. The van der Waals surface area contributed by atoms with Crippen LogP contribution < -0.4 is 11.1 Å². The van der Waals surface area contributed by atoms with E-state index in [1.807, 2.05) is 25.7 Å². The number of benzene rings is 1. The molecule has 0 bridgehead atoms. The zero-order valence-corrected chi connectivity index (χ0v) is 17.5. The van der Waals surface area contributed by atoms with Gasteiger partial charge in [-0.05, 0) is 43.9 Å². The van der Waals surface area contributed by atoms with Crippen molar-refractivity contribution < 1.29 is 9.59 Å². The molecule has 5 nitrogen and oxygen atoms in total. The van der Waals surface area contributed by atoms with Crippen LogP contribution in [0.3, 0.4) is 0 Å². The van der Waals surface area contributed by atoms with Crippen molar-refractivity contribution >= 4 is 24.2 Å². The first-order chi connectivity index (χ1) is 11.8. The standard InChI is InChI=1S/C20H33N3O2.ClH/c1-6-11-23(12-7-2)19(25)17-10-8-9-16(13-17)18(24)22-20(5,14-21)15(3)4;/h8-10,13,15H,6-7,11-12,14,21H2,1-5H3,(H,22,24);1H. The van der Waals surface area contributed by atoms with Crippen LogP contribution in [0.25, 0.3) is 0 Å². The lowest BCUT2D eigenvalue weighted by atomic mass is 9.88. The summed E-state index contributed by atoms with van der Waals surface area (Å²) in [5.41, 5.74) is 6.40. The van der Waals surface area contributed by atoms with Crippen LogP contribution in [-0.4, -0.2) is 41.9 Å². The molecule has 0 saturated heterocycles. The topological polar surface area (TPSA) is 75.4 Å². The monoisotopic (exact) mass is 383 g/mol. The summed E-state index contributed by atoms with van der Waals surface area (Å²) in [7, 11) is 0. The predicted octanol–water partition coefficient (Wildman–Crippen LogP) is 3.47. The summed E-state index contributed by atoms with van der Waals surface area (Å²) in [6.45, 7) is 11.9. The van der Waals surface area contributed by atoms with E-state index in [1.54, 1.807) is 24.3 Å². The molecule has 0 heterocycles. The minimum Gasteiger partial charge on any atom is -0.345 e. The fourth-order valence-electron chi connectivity index (χ4n) is 2.59. The SMILES string of the molecule is CCCN(CCC)C(=O)c1cccc(C(=O)NC(C)(CN)C(C)C)c1.Cl. The first-order valence-corrected chi connectivity index (χ1v) is 9.21. The van der Waals surface area contributed by atoms with Gasteiger partial charge >= 0.3 is 0 Å². The Hall–Kier alpha value is -1.59. The van der Waals surface area contributed by atoms with Gasteiger partial charge in [-0.1, -0.05) is 33.8 Å². The van der Waals surface area contributed by atoms with E-state index in [1.165, 1.54) is 0 Å². The quantitative estimate of drug-likeness (QED) is 0.685. The average Bonchev–Trinajstić information content (AvgIpc) is 2.60. The van der Waals surface area contributed by atoms with Crippen molar-refractivity contribution in [3.8, 4) is 0 Å². The van der Waals surface area contributed by atoms with Gasteiger partial charge in [0, 0.05) is 30.8 Å². The molecule has 0 saturated carbocycles. The number of rotatable bonds is 9. The van der Waals surface area contributed by atoms with E-state index in [0.29, 0.717) is 17.7 Å². The second-order valence-electron chi connectivity index (χ2n) is 7.10. The zero-order chi connectivity index (χ0) is 19.0. The van der Waals surface area contributed by atoms with Crippen LogP contribution in [0.5, 0.6) is 0 Å². The Morgan fingerprint density at radius 3 is 2.15 bits per heavy atom. The molecule has 1 rings (SSSR count). The Bertz CT molecular complexity index is 586. The fourth-order valence-corrected chi connectivity index (χ4v) is 2.59. The Labute approximate surface area is 164 Å². The van der Waals surface area contributed by atoms with Crippen LogP contribution in [0.2, 0.25) is 0 Å². The predicted molar refractivity (Wildman–Crippen MR) is 110 cm³/mol. The summed E-state index contributed by atoms with van der Waals surface area (Å²) >= 11 is 0. The fraction of sp³-hybridized carbons (Fsp3) is 0.600. The highest BCUT2D eigenvalue weighted by Gasteiger charge is 2.29. The van der Waals surface area contributed by atoms with Crippen LogP contribution >= 0.6 is 12.4 Å². The molecule has 0 fully saturated rings. The van der Waals surface area contributed by atoms with Gasteiger partial charge in [0.25, 0.3) is 11.8 Å². The number of carbonyl (C=O) groups is 2. The lowest BCUT2D eigenvalue weighted by Crippen LogP contribution is -2.55. The van der Waals surface area contributed by atoms with Crippen LogP contribution in [0.4, 0.5) is 0 Å². The van der Waals surface area contributed by atoms with Crippen molar-refractivity contribution in [1.82, 2.24) is 10.2 Å². The van der Waals surface area contributed by atoms with E-state index < -0.39 is 5.54 Å². The molecule has 26 heavy (non-hydrogen) atoms. The molecule has 0 aliphatic carbocycles. The Balaban J connectivity index is 0.00000625. The number of nitrogens with one attached hydrogen (secondary N) is 1. The molecule has 1 aromatic rings. The normalized spacial score (nSPS) is 12.9. The summed E-state index contributed by atoms with van der Waals surface area (Å²) in [5.74, 6) is -0.0199. The summed E-state index contributed by atoms with van der Waals surface area (Å²) in [4.78, 5) is 27.2. The molecule has 0 spiro atoms. The molecule has 3 N–H and O–H groups in total. The van der Waals surface area contributed by atoms with Gasteiger partial charge in [-0.2, -0.15) is 0 Å². The summed E-state index contributed by atoms with van der Waals surface area (Å²) in [5, 5.41) is 3.02. The molecule has 0 aliphatic heterocycles. The lowest BCUT2D eigenvalue weighted by Gasteiger charge is -2.33. The van der Waals surface area contributed by atoms with Crippen molar-refractivity contribution in [1.29, 1.82) is 0 Å². The minimum atomic E-state index is -0.479. The Kier molecular flexibility index (Phi) is 10.5. The molecular weight excluding hydrogens is 350 g/mol. The van der Waals surface area contributed by atoms with Crippen molar-refractivity contribution in [3.05, 3.63) is 35.4 Å². The third-order valence-corrected chi connectivity index (χ3v) is 4.74. The van der Waals surface area contributed by atoms with Gasteiger partial charge in [0.05, 0.1) is 5.54 Å². The second-order valence-corrected chi connectivity index (χ2v) is 7.10. The molecule has 1 atom stereocenters. The van der Waals surface area contributed by atoms with Crippen molar-refractivity contribution in [2.24, 2.45) is 11.7 Å². The maximum absolute atomic E-state index is 12.7. The van der Waals surface area contributed by atoms with E-state index in [9.17, 15) is 9.59 Å². The number of amides is 2. The number of carbonyl (C=O) groups excluding carboxylic acids is 2. The molecule has 1 aromatic carbocycles. The molecule has 0 aromatic heterocycles. The number of nitrogens with two attached hydrogens (primary N) is 1. The zero-order valence-electron chi connectivity index (χ0n) is 16.7. The van der Waals surface area contributed by atoms with E-state index in [0.717, 1.165) is 25.9 Å². The highest BCUT2D eigenvalue weighted by molar-refractivity contribution is 6.00. The van der Waals surface area contributed by atoms with Gasteiger partial charge in [-0.25, -0.2) is 0 Å². The highest BCUT2D eigenvalue weighted by Crippen LogP contribution is 2.17. The summed E-state index contributed by atoms with van der Waals surface area (Å²) in [6, 6.07) is 6.93. The second kappa shape index (κ2) is 11.2. The molecule has 0 radical (unpaired) electrons. The van der Waals surface area contributed by atoms with Crippen molar-refractivity contribution in [2.45, 2.75) is 53.0 Å². The minimum absolute atomic E-state index is 0.